The van der Waals surface area contributed by atoms with E-state index < -0.39 is 15.8 Å². The van der Waals surface area contributed by atoms with Crippen molar-refractivity contribution in [1.29, 1.82) is 0 Å². The summed E-state index contributed by atoms with van der Waals surface area (Å²) < 4.78 is 40.4. The molecule has 7 heteroatoms. The Balaban J connectivity index is 1.85. The van der Waals surface area contributed by atoms with Crippen LogP contribution >= 0.6 is 0 Å². The Morgan fingerprint density at radius 3 is 2.00 bits per heavy atom. The van der Waals surface area contributed by atoms with E-state index in [1.165, 1.54) is 18.2 Å². The molecule has 0 spiro atoms. The fraction of sp³-hybridized carbons (Fsp3) is 0. The van der Waals surface area contributed by atoms with Crippen LogP contribution in [-0.2, 0) is 10.0 Å². The van der Waals surface area contributed by atoms with E-state index in [1.807, 2.05) is 0 Å². The third-order valence-electron chi connectivity index (χ3n) is 3.58. The summed E-state index contributed by atoms with van der Waals surface area (Å²) in [5.41, 5.74) is 0.969. The quantitative estimate of drug-likeness (QED) is 0.716. The van der Waals surface area contributed by atoms with Gasteiger partial charge in [-0.15, -0.1) is 0 Å². The first-order valence-corrected chi connectivity index (χ1v) is 9.18. The molecule has 0 unspecified atom stereocenters. The summed E-state index contributed by atoms with van der Waals surface area (Å²) in [7, 11) is -3.92. The van der Waals surface area contributed by atoms with Crippen LogP contribution in [0.3, 0.4) is 0 Å². The van der Waals surface area contributed by atoms with Crippen molar-refractivity contribution in [2.75, 3.05) is 10.0 Å². The van der Waals surface area contributed by atoms with Crippen molar-refractivity contribution in [2.24, 2.45) is 0 Å². The number of hydrogen-bond donors (Lipinski definition) is 2. The SMILES string of the molecule is O=C(Nc1ccccc1NS(=O)(=O)c1ccc(F)cc1)c1ccccc1. The van der Waals surface area contributed by atoms with Crippen molar-refractivity contribution < 1.29 is 17.6 Å². The molecule has 0 aliphatic heterocycles. The number of benzene rings is 3. The standard InChI is InChI=1S/C19H15FN2O3S/c20-15-10-12-16(13-11-15)26(24,25)22-18-9-5-4-8-17(18)21-19(23)14-6-2-1-3-7-14/h1-13,22H,(H,21,23). The molecular formula is C19H15FN2O3S. The lowest BCUT2D eigenvalue weighted by Gasteiger charge is -2.13. The van der Waals surface area contributed by atoms with Crippen LogP contribution in [0.25, 0.3) is 0 Å². The third-order valence-corrected chi connectivity index (χ3v) is 4.96. The van der Waals surface area contributed by atoms with Gasteiger partial charge in [-0.25, -0.2) is 12.8 Å². The van der Waals surface area contributed by atoms with Crippen molar-refractivity contribution >= 4 is 27.3 Å². The third kappa shape index (κ3) is 4.07. The number of sulfonamides is 1. The lowest BCUT2D eigenvalue weighted by molar-refractivity contribution is 0.102. The molecule has 26 heavy (non-hydrogen) atoms. The first-order valence-electron chi connectivity index (χ1n) is 7.69. The number of rotatable bonds is 5. The molecular weight excluding hydrogens is 355 g/mol. The highest BCUT2D eigenvalue weighted by atomic mass is 32.2. The summed E-state index contributed by atoms with van der Waals surface area (Å²) in [5.74, 6) is -0.890. The lowest BCUT2D eigenvalue weighted by atomic mass is 10.2. The molecule has 5 nitrogen and oxygen atoms in total. The van der Waals surface area contributed by atoms with Gasteiger partial charge in [-0.2, -0.15) is 0 Å². The highest BCUT2D eigenvalue weighted by Crippen LogP contribution is 2.25. The zero-order valence-electron chi connectivity index (χ0n) is 13.5. The average Bonchev–Trinajstić information content (AvgIpc) is 2.64. The first-order chi connectivity index (χ1) is 12.5. The highest BCUT2D eigenvalue weighted by molar-refractivity contribution is 7.92. The molecule has 0 atom stereocenters. The Hall–Kier alpha value is -3.19. The van der Waals surface area contributed by atoms with Gasteiger partial charge in [0, 0.05) is 5.56 Å². The normalized spacial score (nSPS) is 11.0. The van der Waals surface area contributed by atoms with Gasteiger partial charge < -0.3 is 5.32 Å². The van der Waals surface area contributed by atoms with Crippen LogP contribution < -0.4 is 10.0 Å². The van der Waals surface area contributed by atoms with E-state index in [0.717, 1.165) is 12.1 Å². The molecule has 0 aliphatic carbocycles. The number of hydrogen-bond acceptors (Lipinski definition) is 3. The number of nitrogens with one attached hydrogen (secondary N) is 2. The smallest absolute Gasteiger partial charge is 0.261 e. The fourth-order valence-electron chi connectivity index (χ4n) is 2.28. The largest absolute Gasteiger partial charge is 0.320 e. The van der Waals surface area contributed by atoms with E-state index in [4.69, 9.17) is 0 Å². The number of anilines is 2. The summed E-state index contributed by atoms with van der Waals surface area (Å²) in [6.07, 6.45) is 0. The van der Waals surface area contributed by atoms with Crippen LogP contribution in [0.15, 0.2) is 83.8 Å². The molecule has 3 aromatic rings. The van der Waals surface area contributed by atoms with Gasteiger partial charge in [-0.1, -0.05) is 30.3 Å². The maximum Gasteiger partial charge on any atom is 0.261 e. The van der Waals surface area contributed by atoms with E-state index in [9.17, 15) is 17.6 Å². The Labute approximate surface area is 150 Å². The van der Waals surface area contributed by atoms with Crippen molar-refractivity contribution in [3.05, 3.63) is 90.2 Å². The lowest BCUT2D eigenvalue weighted by Crippen LogP contribution is -2.17. The van der Waals surface area contributed by atoms with Gasteiger partial charge >= 0.3 is 0 Å². The molecule has 0 heterocycles. The molecule has 3 aromatic carbocycles. The van der Waals surface area contributed by atoms with Gasteiger partial charge in [0.25, 0.3) is 15.9 Å². The fourth-order valence-corrected chi connectivity index (χ4v) is 3.36. The topological polar surface area (TPSA) is 75.3 Å². The average molecular weight is 370 g/mol. The molecule has 2 N–H and O–H groups in total. The molecule has 0 bridgehead atoms. The maximum atomic E-state index is 13.0. The van der Waals surface area contributed by atoms with Crippen molar-refractivity contribution in [3.8, 4) is 0 Å². The number of carbonyl (C=O) groups is 1. The zero-order valence-corrected chi connectivity index (χ0v) is 14.3. The van der Waals surface area contributed by atoms with Gasteiger partial charge in [-0.05, 0) is 48.5 Å². The van der Waals surface area contributed by atoms with Crippen molar-refractivity contribution in [1.82, 2.24) is 0 Å². The number of amides is 1. The Morgan fingerprint density at radius 2 is 1.35 bits per heavy atom. The van der Waals surface area contributed by atoms with Gasteiger partial charge in [0.2, 0.25) is 0 Å². The van der Waals surface area contributed by atoms with E-state index in [1.54, 1.807) is 48.5 Å². The van der Waals surface area contributed by atoms with Gasteiger partial charge in [0.15, 0.2) is 0 Å². The second-order valence-corrected chi connectivity index (χ2v) is 7.11. The summed E-state index contributed by atoms with van der Waals surface area (Å²) >= 11 is 0. The van der Waals surface area contributed by atoms with Gasteiger partial charge in [0.1, 0.15) is 5.82 Å². The van der Waals surface area contributed by atoms with E-state index >= 15 is 0 Å². The molecule has 0 saturated carbocycles. The molecule has 0 aromatic heterocycles. The van der Waals surface area contributed by atoms with Crippen LogP contribution in [0.5, 0.6) is 0 Å². The Kier molecular flexibility index (Phi) is 4.99. The molecule has 3 rings (SSSR count). The van der Waals surface area contributed by atoms with Gasteiger partial charge in [0.05, 0.1) is 16.3 Å². The van der Waals surface area contributed by atoms with E-state index in [-0.39, 0.29) is 16.5 Å². The van der Waals surface area contributed by atoms with Gasteiger partial charge in [-0.3, -0.25) is 9.52 Å². The Morgan fingerprint density at radius 1 is 0.769 bits per heavy atom. The minimum atomic E-state index is -3.92. The summed E-state index contributed by atoms with van der Waals surface area (Å²) in [4.78, 5) is 12.2. The minimum absolute atomic E-state index is 0.0805. The molecule has 0 fully saturated rings. The number of halogens is 1. The Bertz CT molecular complexity index is 1020. The maximum absolute atomic E-state index is 13.0. The van der Waals surface area contributed by atoms with Crippen LogP contribution in [0.4, 0.5) is 15.8 Å². The summed E-state index contributed by atoms with van der Waals surface area (Å²) in [6.45, 7) is 0. The zero-order chi connectivity index (χ0) is 18.6. The van der Waals surface area contributed by atoms with E-state index in [2.05, 4.69) is 10.0 Å². The van der Waals surface area contributed by atoms with E-state index in [0.29, 0.717) is 11.3 Å². The van der Waals surface area contributed by atoms with Crippen LogP contribution in [0.1, 0.15) is 10.4 Å². The summed E-state index contributed by atoms with van der Waals surface area (Å²) in [5, 5.41) is 2.68. The van der Waals surface area contributed by atoms with Crippen molar-refractivity contribution in [3.63, 3.8) is 0 Å². The predicted molar refractivity (Wildman–Crippen MR) is 98.0 cm³/mol. The van der Waals surface area contributed by atoms with Crippen LogP contribution in [0, 0.1) is 5.82 Å². The molecule has 1 amide bonds. The second kappa shape index (κ2) is 7.37. The van der Waals surface area contributed by atoms with Crippen LogP contribution in [-0.4, -0.2) is 14.3 Å². The predicted octanol–water partition coefficient (Wildman–Crippen LogP) is 3.88. The number of para-hydroxylation sites is 2. The number of carbonyl (C=O) groups excluding carboxylic acids is 1. The van der Waals surface area contributed by atoms with Crippen molar-refractivity contribution in [2.45, 2.75) is 4.90 Å². The minimum Gasteiger partial charge on any atom is -0.320 e. The second-order valence-electron chi connectivity index (χ2n) is 5.43. The molecule has 0 aliphatic rings. The first kappa shape index (κ1) is 17.6. The monoisotopic (exact) mass is 370 g/mol. The molecule has 0 saturated heterocycles. The highest BCUT2D eigenvalue weighted by Gasteiger charge is 2.17. The molecule has 132 valence electrons. The summed E-state index contributed by atoms with van der Waals surface area (Å²) in [6, 6.07) is 19.5. The molecule has 0 radical (unpaired) electrons. The van der Waals surface area contributed by atoms with Crippen LogP contribution in [0.2, 0.25) is 0 Å².